The molecule has 0 unspecified atom stereocenters. The Hall–Kier alpha value is -1.62. The van der Waals surface area contributed by atoms with Crippen LogP contribution in [0.3, 0.4) is 0 Å². The highest BCUT2D eigenvalue weighted by Gasteiger charge is 2.16. The molecule has 0 saturated heterocycles. The Balaban J connectivity index is 2.83. The van der Waals surface area contributed by atoms with Gasteiger partial charge in [-0.15, -0.1) is 0 Å². The van der Waals surface area contributed by atoms with Crippen molar-refractivity contribution in [3.05, 3.63) is 33.4 Å². The molecule has 100 valence electrons. The molecule has 0 atom stereocenters. The van der Waals surface area contributed by atoms with Crippen LogP contribution in [0.1, 0.15) is 31.4 Å². The van der Waals surface area contributed by atoms with Gasteiger partial charge in [-0.05, 0) is 39.3 Å². The maximum atomic E-state index is 10.8. The number of rotatable bonds is 5. The number of hydrogen-bond acceptors (Lipinski definition) is 4. The van der Waals surface area contributed by atoms with Gasteiger partial charge in [0.1, 0.15) is 5.75 Å². The standard InChI is InChI=1S/C13H19NO4/c1-9-7-10(2)12(8-11(9)14(16)17)18-6-5-13(3,4)15/h7-8,15H,5-6H2,1-4H3. The SMILES string of the molecule is Cc1cc(C)c([N+](=O)[O-])cc1OCCC(C)(C)O. The lowest BCUT2D eigenvalue weighted by Gasteiger charge is -2.17. The zero-order valence-corrected chi connectivity index (χ0v) is 11.2. The molecule has 0 aliphatic heterocycles. The first kappa shape index (κ1) is 14.4. The molecule has 1 aromatic rings. The Labute approximate surface area is 107 Å². The van der Waals surface area contributed by atoms with E-state index in [-0.39, 0.29) is 5.69 Å². The lowest BCUT2D eigenvalue weighted by Crippen LogP contribution is -2.22. The van der Waals surface area contributed by atoms with Crippen LogP contribution in [0.2, 0.25) is 0 Å². The van der Waals surface area contributed by atoms with Crippen molar-refractivity contribution in [2.24, 2.45) is 0 Å². The van der Waals surface area contributed by atoms with Crippen molar-refractivity contribution in [1.29, 1.82) is 0 Å². The Morgan fingerprint density at radius 3 is 2.44 bits per heavy atom. The minimum absolute atomic E-state index is 0.0545. The molecular weight excluding hydrogens is 234 g/mol. The fourth-order valence-electron chi connectivity index (χ4n) is 1.58. The topological polar surface area (TPSA) is 72.6 Å². The number of aryl methyl sites for hydroxylation is 2. The molecule has 0 aliphatic carbocycles. The Bertz CT molecular complexity index is 449. The maximum Gasteiger partial charge on any atom is 0.276 e. The van der Waals surface area contributed by atoms with E-state index in [1.807, 2.05) is 6.92 Å². The fourth-order valence-corrected chi connectivity index (χ4v) is 1.58. The number of nitro groups is 1. The van der Waals surface area contributed by atoms with Crippen molar-refractivity contribution in [1.82, 2.24) is 0 Å². The summed E-state index contributed by atoms with van der Waals surface area (Å²) in [4.78, 5) is 10.4. The van der Waals surface area contributed by atoms with Crippen molar-refractivity contribution in [3.63, 3.8) is 0 Å². The lowest BCUT2D eigenvalue weighted by molar-refractivity contribution is -0.385. The normalized spacial score (nSPS) is 11.4. The summed E-state index contributed by atoms with van der Waals surface area (Å²) in [7, 11) is 0. The second-order valence-electron chi connectivity index (χ2n) is 5.07. The molecule has 0 bridgehead atoms. The third kappa shape index (κ3) is 4.00. The van der Waals surface area contributed by atoms with Crippen molar-refractivity contribution < 1.29 is 14.8 Å². The average molecular weight is 253 g/mol. The minimum atomic E-state index is -0.801. The van der Waals surface area contributed by atoms with Crippen LogP contribution >= 0.6 is 0 Å². The predicted octanol–water partition coefficient (Wildman–Crippen LogP) is 2.75. The smallest absolute Gasteiger partial charge is 0.276 e. The van der Waals surface area contributed by atoms with E-state index in [1.54, 1.807) is 26.8 Å². The van der Waals surface area contributed by atoms with Gasteiger partial charge in [0.05, 0.1) is 23.2 Å². The van der Waals surface area contributed by atoms with Gasteiger partial charge in [-0.3, -0.25) is 10.1 Å². The summed E-state index contributed by atoms with van der Waals surface area (Å²) in [6, 6.07) is 3.17. The van der Waals surface area contributed by atoms with Gasteiger partial charge < -0.3 is 9.84 Å². The number of nitro benzene ring substituents is 1. The first-order chi connectivity index (χ1) is 8.20. The van der Waals surface area contributed by atoms with Crippen molar-refractivity contribution >= 4 is 5.69 Å². The highest BCUT2D eigenvalue weighted by Crippen LogP contribution is 2.28. The van der Waals surface area contributed by atoms with E-state index in [2.05, 4.69) is 0 Å². The highest BCUT2D eigenvalue weighted by molar-refractivity contribution is 5.49. The fraction of sp³-hybridized carbons (Fsp3) is 0.538. The Morgan fingerprint density at radius 1 is 1.33 bits per heavy atom. The molecule has 1 rings (SSSR count). The van der Waals surface area contributed by atoms with Crippen LogP contribution in [-0.2, 0) is 0 Å². The van der Waals surface area contributed by atoms with E-state index in [1.165, 1.54) is 6.07 Å². The summed E-state index contributed by atoms with van der Waals surface area (Å²) in [6.45, 7) is 7.26. The number of benzene rings is 1. The summed E-state index contributed by atoms with van der Waals surface area (Å²) in [6.07, 6.45) is 0.466. The summed E-state index contributed by atoms with van der Waals surface area (Å²) in [5.41, 5.74) is 0.727. The number of hydrogen-bond donors (Lipinski definition) is 1. The second kappa shape index (κ2) is 5.35. The molecule has 18 heavy (non-hydrogen) atoms. The third-order valence-electron chi connectivity index (χ3n) is 2.66. The van der Waals surface area contributed by atoms with Crippen LogP contribution in [0, 0.1) is 24.0 Å². The molecule has 0 saturated carbocycles. The van der Waals surface area contributed by atoms with Gasteiger partial charge in [0.2, 0.25) is 0 Å². The predicted molar refractivity (Wildman–Crippen MR) is 69.0 cm³/mol. The summed E-state index contributed by atoms with van der Waals surface area (Å²) in [5.74, 6) is 0.497. The van der Waals surface area contributed by atoms with E-state index < -0.39 is 10.5 Å². The van der Waals surface area contributed by atoms with Gasteiger partial charge in [0, 0.05) is 12.0 Å². The molecular formula is C13H19NO4. The molecule has 0 spiro atoms. The average Bonchev–Trinajstić information content (AvgIpc) is 2.18. The zero-order chi connectivity index (χ0) is 13.9. The van der Waals surface area contributed by atoms with Gasteiger partial charge >= 0.3 is 0 Å². The molecule has 0 aromatic heterocycles. The van der Waals surface area contributed by atoms with Gasteiger partial charge in [-0.2, -0.15) is 0 Å². The van der Waals surface area contributed by atoms with Crippen LogP contribution in [0.25, 0.3) is 0 Å². The van der Waals surface area contributed by atoms with Crippen molar-refractivity contribution in [2.75, 3.05) is 6.61 Å². The molecule has 5 heteroatoms. The summed E-state index contributed by atoms with van der Waals surface area (Å²) >= 11 is 0. The van der Waals surface area contributed by atoms with Crippen LogP contribution in [0.5, 0.6) is 5.75 Å². The van der Waals surface area contributed by atoms with E-state index in [4.69, 9.17) is 4.74 Å². The number of aliphatic hydroxyl groups is 1. The van der Waals surface area contributed by atoms with Gasteiger partial charge in [0.25, 0.3) is 5.69 Å². The van der Waals surface area contributed by atoms with Crippen molar-refractivity contribution in [2.45, 2.75) is 39.7 Å². The maximum absolute atomic E-state index is 10.8. The van der Waals surface area contributed by atoms with E-state index in [0.717, 1.165) is 5.56 Å². The Kier molecular flexibility index (Phi) is 4.29. The first-order valence-corrected chi connectivity index (χ1v) is 5.81. The van der Waals surface area contributed by atoms with E-state index in [9.17, 15) is 15.2 Å². The van der Waals surface area contributed by atoms with E-state index in [0.29, 0.717) is 24.3 Å². The third-order valence-corrected chi connectivity index (χ3v) is 2.66. The Morgan fingerprint density at radius 2 is 1.94 bits per heavy atom. The molecule has 1 N–H and O–H groups in total. The first-order valence-electron chi connectivity index (χ1n) is 5.81. The van der Waals surface area contributed by atoms with Gasteiger partial charge in [0.15, 0.2) is 0 Å². The molecule has 0 aliphatic rings. The van der Waals surface area contributed by atoms with Gasteiger partial charge in [-0.25, -0.2) is 0 Å². The molecule has 0 amide bonds. The minimum Gasteiger partial charge on any atom is -0.493 e. The largest absolute Gasteiger partial charge is 0.493 e. The van der Waals surface area contributed by atoms with Gasteiger partial charge in [-0.1, -0.05) is 0 Å². The van der Waals surface area contributed by atoms with Crippen LogP contribution < -0.4 is 4.74 Å². The highest BCUT2D eigenvalue weighted by atomic mass is 16.6. The molecule has 5 nitrogen and oxygen atoms in total. The van der Waals surface area contributed by atoms with Crippen LogP contribution in [-0.4, -0.2) is 22.2 Å². The molecule has 0 fully saturated rings. The molecule has 0 radical (unpaired) electrons. The monoisotopic (exact) mass is 253 g/mol. The van der Waals surface area contributed by atoms with Crippen LogP contribution in [0.15, 0.2) is 12.1 Å². The summed E-state index contributed by atoms with van der Waals surface area (Å²) < 4.78 is 5.49. The molecule has 0 heterocycles. The number of nitrogens with zero attached hydrogens (tertiary/aromatic N) is 1. The zero-order valence-electron chi connectivity index (χ0n) is 11.2. The van der Waals surface area contributed by atoms with Crippen LogP contribution in [0.4, 0.5) is 5.69 Å². The van der Waals surface area contributed by atoms with E-state index >= 15 is 0 Å². The number of ether oxygens (including phenoxy) is 1. The lowest BCUT2D eigenvalue weighted by atomic mass is 10.1. The second-order valence-corrected chi connectivity index (χ2v) is 5.07. The van der Waals surface area contributed by atoms with Crippen molar-refractivity contribution in [3.8, 4) is 5.75 Å². The summed E-state index contributed by atoms with van der Waals surface area (Å²) in [5, 5.41) is 20.4. The molecule has 1 aromatic carbocycles. The quantitative estimate of drug-likeness (QED) is 0.647.